The first-order valence-corrected chi connectivity index (χ1v) is 12.2. The van der Waals surface area contributed by atoms with Gasteiger partial charge in [-0.25, -0.2) is 0 Å². The number of carboxylic acid groups (broad SMARTS) is 1. The van der Waals surface area contributed by atoms with E-state index in [2.05, 4.69) is 6.58 Å². The van der Waals surface area contributed by atoms with Crippen LogP contribution in [0.25, 0.3) is 0 Å². The van der Waals surface area contributed by atoms with Crippen molar-refractivity contribution in [3.8, 4) is 0 Å². The van der Waals surface area contributed by atoms with Gasteiger partial charge in [0.05, 0.1) is 28.6 Å². The molecule has 9 heteroatoms. The minimum absolute atomic E-state index is 0.110. The number of anilines is 1. The number of amides is 2. The summed E-state index contributed by atoms with van der Waals surface area (Å²) in [5.41, 5.74) is -0.653. The highest BCUT2D eigenvalue weighted by Crippen LogP contribution is 2.58. The molecule has 1 aromatic carbocycles. The molecule has 3 heterocycles. The number of hydrogen-bond acceptors (Lipinski definition) is 5. The fourth-order valence-electron chi connectivity index (χ4n) is 5.96. The summed E-state index contributed by atoms with van der Waals surface area (Å²) in [5.74, 6) is -3.57. The first kappa shape index (κ1) is 24.7. The summed E-state index contributed by atoms with van der Waals surface area (Å²) in [7, 11) is 0. The molecule has 8 nitrogen and oxygen atoms in total. The zero-order valence-electron chi connectivity index (χ0n) is 19.1. The number of unbranched alkanes of at least 4 members (excludes halogenated alkanes) is 3. The molecule has 3 aliphatic heterocycles. The van der Waals surface area contributed by atoms with E-state index >= 15 is 0 Å². The smallest absolute Gasteiger partial charge is 0.310 e. The van der Waals surface area contributed by atoms with Crippen LogP contribution in [-0.2, 0) is 19.1 Å². The SMILES string of the molecule is C=CCN(C(=O)C1N(CCCCCCO)C(=O)[C@@H]2[C@@H](C(=O)O)[C@H]3CCC12O3)c1ccccc1Cl. The monoisotopic (exact) mass is 490 g/mol. The number of para-hydroxylation sites is 1. The van der Waals surface area contributed by atoms with Gasteiger partial charge >= 0.3 is 5.97 Å². The third-order valence-corrected chi connectivity index (χ3v) is 7.67. The Kier molecular flexibility index (Phi) is 7.31. The highest BCUT2D eigenvalue weighted by molar-refractivity contribution is 6.34. The van der Waals surface area contributed by atoms with Gasteiger partial charge in [-0.1, -0.05) is 42.7 Å². The maximum atomic E-state index is 14.1. The Hall–Kier alpha value is -2.42. The number of fused-ring (bicyclic) bond motifs is 1. The summed E-state index contributed by atoms with van der Waals surface area (Å²) >= 11 is 6.42. The molecule has 0 saturated carbocycles. The quantitative estimate of drug-likeness (QED) is 0.365. The number of aliphatic hydroxyl groups is 1. The third kappa shape index (κ3) is 4.01. The van der Waals surface area contributed by atoms with Crippen LogP contribution in [0.15, 0.2) is 36.9 Å². The number of carboxylic acids is 1. The van der Waals surface area contributed by atoms with E-state index in [4.69, 9.17) is 21.4 Å². The van der Waals surface area contributed by atoms with Crippen LogP contribution in [0.5, 0.6) is 0 Å². The van der Waals surface area contributed by atoms with Gasteiger partial charge in [0.2, 0.25) is 5.91 Å². The van der Waals surface area contributed by atoms with E-state index in [0.29, 0.717) is 42.9 Å². The molecule has 34 heavy (non-hydrogen) atoms. The van der Waals surface area contributed by atoms with Crippen LogP contribution in [-0.4, -0.2) is 70.3 Å². The topological polar surface area (TPSA) is 107 Å². The largest absolute Gasteiger partial charge is 0.481 e. The molecule has 1 aromatic rings. The molecular formula is C25H31ClN2O6. The summed E-state index contributed by atoms with van der Waals surface area (Å²) < 4.78 is 6.25. The fraction of sp³-hybridized carbons (Fsp3) is 0.560. The minimum Gasteiger partial charge on any atom is -0.481 e. The second kappa shape index (κ2) is 10.1. The van der Waals surface area contributed by atoms with Gasteiger partial charge in [-0.3, -0.25) is 14.4 Å². The standard InChI is InChI=1S/C25H31ClN2O6/c1-2-13-27(17-10-6-5-9-16(17)26)23(31)21-25-12-11-18(34-25)19(24(32)33)20(25)22(30)28(21)14-7-3-4-8-15-29/h2,5-6,9-10,18-21,29H,1,3-4,7-8,11-15H2,(H,32,33)/t18-,19+,20+,21?,25?/m1/s1. The van der Waals surface area contributed by atoms with E-state index in [-0.39, 0.29) is 25.0 Å². The van der Waals surface area contributed by atoms with Crippen molar-refractivity contribution in [2.45, 2.75) is 56.3 Å². The van der Waals surface area contributed by atoms with Gasteiger partial charge < -0.3 is 24.7 Å². The number of carbonyl (C=O) groups is 3. The van der Waals surface area contributed by atoms with Gasteiger partial charge in [0.1, 0.15) is 11.6 Å². The predicted molar refractivity (Wildman–Crippen MR) is 127 cm³/mol. The normalized spacial score (nSPS) is 29.4. The zero-order valence-corrected chi connectivity index (χ0v) is 19.8. The zero-order chi connectivity index (χ0) is 24.5. The first-order valence-electron chi connectivity index (χ1n) is 11.9. The molecule has 2 N–H and O–H groups in total. The van der Waals surface area contributed by atoms with Gasteiger partial charge in [0.25, 0.3) is 5.91 Å². The van der Waals surface area contributed by atoms with Crippen molar-refractivity contribution in [1.82, 2.24) is 4.90 Å². The van der Waals surface area contributed by atoms with Crippen molar-refractivity contribution in [3.05, 3.63) is 41.9 Å². The second-order valence-electron chi connectivity index (χ2n) is 9.25. The molecule has 0 aliphatic carbocycles. The van der Waals surface area contributed by atoms with Crippen molar-refractivity contribution >= 4 is 35.1 Å². The predicted octanol–water partition coefficient (Wildman–Crippen LogP) is 2.87. The number of rotatable bonds is 11. The van der Waals surface area contributed by atoms with E-state index in [9.17, 15) is 19.5 Å². The van der Waals surface area contributed by atoms with Gasteiger partial charge in [-0.2, -0.15) is 0 Å². The molecule has 2 bridgehead atoms. The number of halogens is 1. The molecule has 3 saturated heterocycles. The van der Waals surface area contributed by atoms with Crippen molar-refractivity contribution in [3.63, 3.8) is 0 Å². The summed E-state index contributed by atoms with van der Waals surface area (Å²) in [5, 5.41) is 19.3. The number of likely N-dealkylation sites (tertiary alicyclic amines) is 1. The molecule has 2 unspecified atom stereocenters. The average Bonchev–Trinajstić information content (AvgIpc) is 3.45. The molecule has 184 valence electrons. The van der Waals surface area contributed by atoms with Gasteiger partial charge in [0.15, 0.2) is 0 Å². The van der Waals surface area contributed by atoms with Crippen LogP contribution in [0.4, 0.5) is 5.69 Å². The highest BCUT2D eigenvalue weighted by Gasteiger charge is 2.74. The van der Waals surface area contributed by atoms with E-state index in [1.807, 2.05) is 0 Å². The molecule has 4 rings (SSSR count). The number of aliphatic hydroxyl groups excluding tert-OH is 1. The van der Waals surface area contributed by atoms with E-state index in [1.54, 1.807) is 30.3 Å². The summed E-state index contributed by atoms with van der Waals surface area (Å²) in [6.07, 6.45) is 4.91. The Morgan fingerprint density at radius 2 is 2.00 bits per heavy atom. The Labute approximate surface area is 204 Å². The van der Waals surface area contributed by atoms with Crippen LogP contribution < -0.4 is 4.90 Å². The van der Waals surface area contributed by atoms with Crippen molar-refractivity contribution in [2.75, 3.05) is 24.6 Å². The lowest BCUT2D eigenvalue weighted by Gasteiger charge is -2.37. The Morgan fingerprint density at radius 3 is 2.68 bits per heavy atom. The van der Waals surface area contributed by atoms with Gasteiger partial charge in [-0.15, -0.1) is 6.58 Å². The van der Waals surface area contributed by atoms with Gasteiger partial charge in [-0.05, 0) is 37.8 Å². The van der Waals surface area contributed by atoms with Crippen molar-refractivity contribution in [1.29, 1.82) is 0 Å². The Morgan fingerprint density at radius 1 is 1.26 bits per heavy atom. The molecule has 5 atom stereocenters. The lowest BCUT2D eigenvalue weighted by atomic mass is 9.70. The van der Waals surface area contributed by atoms with Crippen LogP contribution in [0.2, 0.25) is 5.02 Å². The third-order valence-electron chi connectivity index (χ3n) is 7.35. The Bertz CT molecular complexity index is 970. The van der Waals surface area contributed by atoms with Crippen LogP contribution >= 0.6 is 11.6 Å². The fourth-order valence-corrected chi connectivity index (χ4v) is 6.19. The Balaban J connectivity index is 1.70. The lowest BCUT2D eigenvalue weighted by molar-refractivity contribution is -0.149. The second-order valence-corrected chi connectivity index (χ2v) is 9.66. The molecule has 3 fully saturated rings. The minimum atomic E-state index is -1.16. The van der Waals surface area contributed by atoms with Crippen LogP contribution in [0.1, 0.15) is 38.5 Å². The number of aliphatic carboxylic acids is 1. The van der Waals surface area contributed by atoms with Crippen molar-refractivity contribution < 1.29 is 29.3 Å². The average molecular weight is 491 g/mol. The van der Waals surface area contributed by atoms with Gasteiger partial charge in [0, 0.05) is 19.7 Å². The lowest BCUT2D eigenvalue weighted by Crippen LogP contribution is -2.56. The number of benzene rings is 1. The van der Waals surface area contributed by atoms with Crippen molar-refractivity contribution in [2.24, 2.45) is 11.8 Å². The molecule has 3 aliphatic rings. The highest BCUT2D eigenvalue weighted by atomic mass is 35.5. The number of ether oxygens (including phenoxy) is 1. The maximum absolute atomic E-state index is 14.1. The summed E-state index contributed by atoms with van der Waals surface area (Å²) in [6.45, 7) is 4.40. The van der Waals surface area contributed by atoms with Crippen LogP contribution in [0.3, 0.4) is 0 Å². The van der Waals surface area contributed by atoms with E-state index in [1.165, 1.54) is 9.80 Å². The first-order chi connectivity index (χ1) is 16.4. The molecule has 2 amide bonds. The van der Waals surface area contributed by atoms with E-state index in [0.717, 1.165) is 12.8 Å². The summed E-state index contributed by atoms with van der Waals surface area (Å²) in [6, 6.07) is 6.05. The molecule has 0 aromatic heterocycles. The molecular weight excluding hydrogens is 460 g/mol. The molecule has 0 radical (unpaired) electrons. The number of carbonyl (C=O) groups excluding carboxylic acids is 2. The van der Waals surface area contributed by atoms with E-state index < -0.39 is 35.6 Å². The maximum Gasteiger partial charge on any atom is 0.310 e. The summed E-state index contributed by atoms with van der Waals surface area (Å²) in [4.78, 5) is 42.9. The number of hydrogen-bond donors (Lipinski definition) is 2. The molecule has 1 spiro atoms. The number of nitrogens with zero attached hydrogens (tertiary/aromatic N) is 2. The van der Waals surface area contributed by atoms with Crippen LogP contribution in [0, 0.1) is 11.8 Å².